The lowest BCUT2D eigenvalue weighted by molar-refractivity contribution is -0.129. The number of carbonyl (C=O) groups excluding carboxylic acids is 1. The fourth-order valence-electron chi connectivity index (χ4n) is 2.63. The average Bonchev–Trinajstić information content (AvgIpc) is 2.61. The van der Waals surface area contributed by atoms with Crippen LogP contribution in [-0.4, -0.2) is 60.2 Å². The first kappa shape index (κ1) is 21.9. The van der Waals surface area contributed by atoms with Crippen LogP contribution >= 0.6 is 22.6 Å². The highest BCUT2D eigenvalue weighted by molar-refractivity contribution is 14.1. The van der Waals surface area contributed by atoms with Crippen molar-refractivity contribution in [3.05, 3.63) is 39.5 Å². The molecule has 1 amide bonds. The number of rotatable bonds is 7. The standard InChI is InChI=1S/C17H20F3IN2O4/c18-17(19,20)9-23-12-7-10(16(26)22-5-6-24)8-14(15(12)25)27-13-4-2-1-3-11(13)21/h1-4,8,12,14-15,23-25H,5-7,9H2,(H,22,26). The molecule has 0 fully saturated rings. The second kappa shape index (κ2) is 9.71. The highest BCUT2D eigenvalue weighted by Crippen LogP contribution is 2.27. The Morgan fingerprint density at radius 3 is 2.67 bits per heavy atom. The minimum absolute atomic E-state index is 0.0154. The number of nitrogens with one attached hydrogen (secondary N) is 2. The fraction of sp³-hybridized carbons (Fsp3) is 0.471. The van der Waals surface area contributed by atoms with Crippen molar-refractivity contribution >= 4 is 28.5 Å². The van der Waals surface area contributed by atoms with Gasteiger partial charge in [-0.05, 0) is 47.2 Å². The average molecular weight is 500 g/mol. The lowest BCUT2D eigenvalue weighted by atomic mass is 9.89. The summed E-state index contributed by atoms with van der Waals surface area (Å²) in [7, 11) is 0. The van der Waals surface area contributed by atoms with Gasteiger partial charge in [-0.2, -0.15) is 13.2 Å². The Labute approximate surface area is 167 Å². The Balaban J connectivity index is 2.21. The molecule has 3 unspecified atom stereocenters. The van der Waals surface area contributed by atoms with Crippen LogP contribution in [0, 0.1) is 3.57 Å². The number of halogens is 4. The molecule has 1 aromatic rings. The molecule has 3 atom stereocenters. The van der Waals surface area contributed by atoms with Crippen molar-refractivity contribution in [1.29, 1.82) is 0 Å². The number of alkyl halides is 3. The SMILES string of the molecule is O=C(NCCO)C1=CC(Oc2ccccc2I)C(O)C(NCC(F)(F)F)C1. The number of hydrogen-bond donors (Lipinski definition) is 4. The predicted molar refractivity (Wildman–Crippen MR) is 100 cm³/mol. The zero-order valence-corrected chi connectivity index (χ0v) is 16.3. The van der Waals surface area contributed by atoms with Crippen LogP contribution in [0.15, 0.2) is 35.9 Å². The molecule has 10 heteroatoms. The van der Waals surface area contributed by atoms with Gasteiger partial charge in [0.1, 0.15) is 18.0 Å². The number of benzene rings is 1. The molecule has 0 aliphatic heterocycles. The van der Waals surface area contributed by atoms with Crippen LogP contribution in [0.5, 0.6) is 5.75 Å². The predicted octanol–water partition coefficient (Wildman–Crippen LogP) is 1.36. The first-order valence-electron chi connectivity index (χ1n) is 8.20. The molecule has 27 heavy (non-hydrogen) atoms. The largest absolute Gasteiger partial charge is 0.482 e. The van der Waals surface area contributed by atoms with Gasteiger partial charge in [-0.3, -0.25) is 4.79 Å². The number of ether oxygens (including phenoxy) is 1. The van der Waals surface area contributed by atoms with Crippen molar-refractivity contribution in [1.82, 2.24) is 10.6 Å². The molecule has 6 nitrogen and oxygen atoms in total. The van der Waals surface area contributed by atoms with E-state index in [1.807, 2.05) is 22.6 Å². The Bertz CT molecular complexity index is 684. The summed E-state index contributed by atoms with van der Waals surface area (Å²) in [5, 5.41) is 24.0. The minimum Gasteiger partial charge on any atom is -0.482 e. The monoisotopic (exact) mass is 500 g/mol. The van der Waals surface area contributed by atoms with E-state index in [1.54, 1.807) is 24.3 Å². The summed E-state index contributed by atoms with van der Waals surface area (Å²) >= 11 is 2.03. The molecular weight excluding hydrogens is 480 g/mol. The van der Waals surface area contributed by atoms with Gasteiger partial charge in [-0.25, -0.2) is 0 Å². The maximum absolute atomic E-state index is 12.6. The molecule has 0 aromatic heterocycles. The van der Waals surface area contributed by atoms with Crippen LogP contribution in [0.1, 0.15) is 6.42 Å². The maximum Gasteiger partial charge on any atom is 0.401 e. The third-order valence-corrected chi connectivity index (χ3v) is 4.80. The van der Waals surface area contributed by atoms with E-state index in [0.717, 1.165) is 3.57 Å². The number of aliphatic hydroxyl groups excluding tert-OH is 2. The molecule has 150 valence electrons. The lowest BCUT2D eigenvalue weighted by Crippen LogP contribution is -2.53. The van der Waals surface area contributed by atoms with Gasteiger partial charge in [-0.1, -0.05) is 12.1 Å². The van der Waals surface area contributed by atoms with Crippen LogP contribution in [0.25, 0.3) is 0 Å². The van der Waals surface area contributed by atoms with Crippen LogP contribution < -0.4 is 15.4 Å². The minimum atomic E-state index is -4.45. The van der Waals surface area contributed by atoms with E-state index in [9.17, 15) is 23.1 Å². The first-order valence-corrected chi connectivity index (χ1v) is 9.28. The second-order valence-corrected chi connectivity index (χ2v) is 7.14. The summed E-state index contributed by atoms with van der Waals surface area (Å²) in [6, 6.07) is 5.95. The highest BCUT2D eigenvalue weighted by Gasteiger charge is 2.38. The summed E-state index contributed by atoms with van der Waals surface area (Å²) in [5.41, 5.74) is 0.185. The molecule has 4 N–H and O–H groups in total. The molecule has 1 aliphatic carbocycles. The summed E-state index contributed by atoms with van der Waals surface area (Å²) in [6.45, 7) is -1.54. The number of aliphatic hydroxyl groups is 2. The fourth-order valence-corrected chi connectivity index (χ4v) is 3.15. The van der Waals surface area contributed by atoms with Gasteiger partial charge in [0, 0.05) is 18.2 Å². The van der Waals surface area contributed by atoms with E-state index in [0.29, 0.717) is 5.75 Å². The smallest absolute Gasteiger partial charge is 0.401 e. The zero-order chi connectivity index (χ0) is 20.0. The van der Waals surface area contributed by atoms with Crippen LogP contribution in [0.4, 0.5) is 13.2 Å². The van der Waals surface area contributed by atoms with Crippen molar-refractivity contribution in [2.75, 3.05) is 19.7 Å². The van der Waals surface area contributed by atoms with E-state index in [-0.39, 0.29) is 25.1 Å². The summed E-state index contributed by atoms with van der Waals surface area (Å²) in [6.07, 6.45) is -5.43. The molecule has 0 heterocycles. The normalized spacial score (nSPS) is 22.9. The summed E-state index contributed by atoms with van der Waals surface area (Å²) in [5.74, 6) is -0.0731. The quantitative estimate of drug-likeness (QED) is 0.425. The maximum atomic E-state index is 12.6. The summed E-state index contributed by atoms with van der Waals surface area (Å²) in [4.78, 5) is 12.2. The molecule has 0 spiro atoms. The van der Waals surface area contributed by atoms with Gasteiger partial charge in [0.25, 0.3) is 0 Å². The zero-order valence-electron chi connectivity index (χ0n) is 14.2. The van der Waals surface area contributed by atoms with E-state index < -0.39 is 36.9 Å². The Morgan fingerprint density at radius 1 is 1.33 bits per heavy atom. The van der Waals surface area contributed by atoms with Gasteiger partial charge in [-0.15, -0.1) is 0 Å². The van der Waals surface area contributed by atoms with Crippen molar-refractivity contribution in [2.24, 2.45) is 0 Å². The van der Waals surface area contributed by atoms with Crippen LogP contribution in [0.3, 0.4) is 0 Å². The molecular formula is C17H20F3IN2O4. The van der Waals surface area contributed by atoms with Gasteiger partial charge in [0.15, 0.2) is 0 Å². The van der Waals surface area contributed by atoms with Crippen molar-refractivity contribution in [3.63, 3.8) is 0 Å². The topological polar surface area (TPSA) is 90.8 Å². The third-order valence-electron chi connectivity index (χ3n) is 3.91. The van der Waals surface area contributed by atoms with Crippen molar-refractivity contribution < 1.29 is 32.9 Å². The molecule has 1 aromatic carbocycles. The molecule has 2 rings (SSSR count). The van der Waals surface area contributed by atoms with Crippen molar-refractivity contribution in [3.8, 4) is 5.75 Å². The van der Waals surface area contributed by atoms with Crippen LogP contribution in [-0.2, 0) is 4.79 Å². The van der Waals surface area contributed by atoms with Gasteiger partial charge in [0.05, 0.1) is 16.7 Å². The number of para-hydroxylation sites is 1. The van der Waals surface area contributed by atoms with E-state index >= 15 is 0 Å². The van der Waals surface area contributed by atoms with Crippen LogP contribution in [0.2, 0.25) is 0 Å². The number of amides is 1. The first-order chi connectivity index (χ1) is 12.7. The van der Waals surface area contributed by atoms with Gasteiger partial charge in [0.2, 0.25) is 5.91 Å². The summed E-state index contributed by atoms with van der Waals surface area (Å²) < 4.78 is 44.2. The second-order valence-electron chi connectivity index (χ2n) is 5.98. The molecule has 0 bridgehead atoms. The Hall–Kier alpha value is -1.37. The van der Waals surface area contributed by atoms with Crippen molar-refractivity contribution in [2.45, 2.75) is 30.8 Å². The third kappa shape index (κ3) is 6.63. The Kier molecular flexibility index (Phi) is 7.89. The van der Waals surface area contributed by atoms with Gasteiger partial charge < -0.3 is 25.6 Å². The highest BCUT2D eigenvalue weighted by atomic mass is 127. The number of hydrogen-bond acceptors (Lipinski definition) is 5. The van der Waals surface area contributed by atoms with E-state index in [1.165, 1.54) is 6.08 Å². The van der Waals surface area contributed by atoms with E-state index in [4.69, 9.17) is 9.84 Å². The lowest BCUT2D eigenvalue weighted by Gasteiger charge is -2.34. The van der Waals surface area contributed by atoms with Gasteiger partial charge >= 0.3 is 6.18 Å². The molecule has 0 saturated heterocycles. The number of carbonyl (C=O) groups is 1. The molecule has 0 radical (unpaired) electrons. The molecule has 1 aliphatic rings. The Morgan fingerprint density at radius 2 is 2.04 bits per heavy atom. The van der Waals surface area contributed by atoms with E-state index in [2.05, 4.69) is 10.6 Å². The molecule has 0 saturated carbocycles.